The third-order valence-corrected chi connectivity index (χ3v) is 9.12. The molecule has 2 aliphatic carbocycles. The van der Waals surface area contributed by atoms with Crippen molar-refractivity contribution >= 4 is 15.7 Å². The highest BCUT2D eigenvalue weighted by Crippen LogP contribution is 2.48. The summed E-state index contributed by atoms with van der Waals surface area (Å²) in [5.74, 6) is 0.398. The molecular weight excluding hydrogens is 429 g/mol. The molecule has 0 spiro atoms. The van der Waals surface area contributed by atoms with Gasteiger partial charge in [-0.25, -0.2) is 13.4 Å². The molecule has 9 heteroatoms. The molecule has 0 unspecified atom stereocenters. The standard InChI is InChI=1S/C22H31F3N2O3S/c1-3-12-31(29,30)17-8-10-21(11-9-17,13-16-4-5-16)14-26-20(28)18-6-7-19(22(23,24)25)27-15(18)2/h6-7,16-17H,3-5,8-14H2,1-2H3,(H,26,28). The molecule has 174 valence electrons. The maximum Gasteiger partial charge on any atom is 0.433 e. The van der Waals surface area contributed by atoms with E-state index in [1.807, 2.05) is 6.92 Å². The molecule has 0 atom stereocenters. The van der Waals surface area contributed by atoms with Gasteiger partial charge in [0.2, 0.25) is 0 Å². The molecule has 1 aromatic rings. The van der Waals surface area contributed by atoms with Crippen molar-refractivity contribution in [1.29, 1.82) is 0 Å². The number of aromatic nitrogens is 1. The van der Waals surface area contributed by atoms with Gasteiger partial charge in [0.05, 0.1) is 22.3 Å². The second kappa shape index (κ2) is 9.08. The van der Waals surface area contributed by atoms with E-state index in [0.29, 0.717) is 31.7 Å². The Balaban J connectivity index is 1.67. The Morgan fingerprint density at radius 1 is 1.19 bits per heavy atom. The van der Waals surface area contributed by atoms with E-state index in [0.717, 1.165) is 38.2 Å². The topological polar surface area (TPSA) is 76.1 Å². The van der Waals surface area contributed by atoms with E-state index in [1.165, 1.54) is 13.0 Å². The van der Waals surface area contributed by atoms with Gasteiger partial charge in [-0.1, -0.05) is 19.8 Å². The second-order valence-corrected chi connectivity index (χ2v) is 11.6. The van der Waals surface area contributed by atoms with Crippen LogP contribution in [0, 0.1) is 18.3 Å². The molecule has 2 aliphatic rings. The molecule has 2 saturated carbocycles. The molecule has 1 amide bonds. The highest BCUT2D eigenvalue weighted by Gasteiger charge is 2.42. The predicted octanol–water partition coefficient (Wildman–Crippen LogP) is 4.69. The van der Waals surface area contributed by atoms with Crippen LogP contribution in [0.15, 0.2) is 12.1 Å². The second-order valence-electron chi connectivity index (χ2n) is 9.22. The van der Waals surface area contributed by atoms with Gasteiger partial charge in [-0.3, -0.25) is 4.79 Å². The number of carbonyl (C=O) groups excluding carboxylic acids is 1. The molecular formula is C22H31F3N2O3S. The number of pyridine rings is 1. The van der Waals surface area contributed by atoms with Crippen molar-refractivity contribution in [2.75, 3.05) is 12.3 Å². The number of halogens is 3. The number of carbonyl (C=O) groups is 1. The molecule has 0 radical (unpaired) electrons. The summed E-state index contributed by atoms with van der Waals surface area (Å²) < 4.78 is 63.4. The molecule has 0 saturated heterocycles. The minimum Gasteiger partial charge on any atom is -0.351 e. The fraction of sp³-hybridized carbons (Fsp3) is 0.727. The van der Waals surface area contributed by atoms with Crippen molar-refractivity contribution in [3.05, 3.63) is 29.1 Å². The van der Waals surface area contributed by atoms with Crippen LogP contribution in [0.3, 0.4) is 0 Å². The van der Waals surface area contributed by atoms with Gasteiger partial charge < -0.3 is 5.32 Å². The number of rotatable bonds is 8. The molecule has 5 nitrogen and oxygen atoms in total. The number of sulfone groups is 1. The lowest BCUT2D eigenvalue weighted by Gasteiger charge is -2.40. The van der Waals surface area contributed by atoms with E-state index in [1.54, 1.807) is 0 Å². The summed E-state index contributed by atoms with van der Waals surface area (Å²) in [5, 5.41) is 2.60. The van der Waals surface area contributed by atoms with Crippen LogP contribution in [0.4, 0.5) is 13.2 Å². The number of nitrogens with one attached hydrogen (secondary N) is 1. The maximum atomic E-state index is 12.8. The molecule has 0 bridgehead atoms. The summed E-state index contributed by atoms with van der Waals surface area (Å²) >= 11 is 0. The summed E-state index contributed by atoms with van der Waals surface area (Å²) in [6.45, 7) is 3.67. The first kappa shape index (κ1) is 24.0. The molecule has 3 rings (SSSR count). The monoisotopic (exact) mass is 460 g/mol. The van der Waals surface area contributed by atoms with E-state index < -0.39 is 27.6 Å². The van der Waals surface area contributed by atoms with Crippen molar-refractivity contribution in [3.63, 3.8) is 0 Å². The fourth-order valence-electron chi connectivity index (χ4n) is 4.72. The number of hydrogen-bond donors (Lipinski definition) is 1. The number of alkyl halides is 3. The lowest BCUT2D eigenvalue weighted by molar-refractivity contribution is -0.141. The van der Waals surface area contributed by atoms with E-state index in [9.17, 15) is 26.4 Å². The molecule has 31 heavy (non-hydrogen) atoms. The van der Waals surface area contributed by atoms with Gasteiger partial charge in [-0.05, 0) is 68.9 Å². The first-order valence-electron chi connectivity index (χ1n) is 11.0. The molecule has 0 aliphatic heterocycles. The van der Waals surface area contributed by atoms with Crippen LogP contribution < -0.4 is 5.32 Å². The summed E-state index contributed by atoms with van der Waals surface area (Å²) in [4.78, 5) is 16.2. The van der Waals surface area contributed by atoms with Crippen LogP contribution in [0.1, 0.15) is 80.0 Å². The summed E-state index contributed by atoms with van der Waals surface area (Å²) in [7, 11) is -3.08. The third kappa shape index (κ3) is 5.99. The van der Waals surface area contributed by atoms with Gasteiger partial charge in [0.1, 0.15) is 5.69 Å². The van der Waals surface area contributed by atoms with Gasteiger partial charge in [0, 0.05) is 6.54 Å². The number of aryl methyl sites for hydroxylation is 1. The fourth-order valence-corrected chi connectivity index (χ4v) is 6.58. The van der Waals surface area contributed by atoms with E-state index in [-0.39, 0.29) is 27.7 Å². The van der Waals surface area contributed by atoms with E-state index in [4.69, 9.17) is 0 Å². The number of hydrogen-bond acceptors (Lipinski definition) is 4. The third-order valence-electron chi connectivity index (χ3n) is 6.65. The molecule has 2 fully saturated rings. The van der Waals surface area contributed by atoms with Crippen LogP contribution in [0.25, 0.3) is 0 Å². The highest BCUT2D eigenvalue weighted by atomic mass is 32.2. The average Bonchev–Trinajstić information content (AvgIpc) is 3.49. The highest BCUT2D eigenvalue weighted by molar-refractivity contribution is 7.92. The lowest BCUT2D eigenvalue weighted by Crippen LogP contribution is -2.43. The Hall–Kier alpha value is -1.64. The van der Waals surface area contributed by atoms with E-state index >= 15 is 0 Å². The largest absolute Gasteiger partial charge is 0.433 e. The lowest BCUT2D eigenvalue weighted by atomic mass is 9.70. The van der Waals surface area contributed by atoms with Crippen molar-refractivity contribution in [2.24, 2.45) is 11.3 Å². The molecule has 1 aromatic heterocycles. The zero-order valence-corrected chi connectivity index (χ0v) is 18.9. The quantitative estimate of drug-likeness (QED) is 0.611. The Bertz CT molecular complexity index is 903. The van der Waals surface area contributed by atoms with Crippen LogP contribution in [-0.2, 0) is 16.0 Å². The van der Waals surface area contributed by atoms with Gasteiger partial charge >= 0.3 is 6.18 Å². The van der Waals surface area contributed by atoms with Crippen molar-refractivity contribution in [2.45, 2.75) is 76.6 Å². The number of nitrogens with zero attached hydrogens (tertiary/aromatic N) is 1. The summed E-state index contributed by atoms with van der Waals surface area (Å²) in [6.07, 6.45) is 2.02. The molecule has 1 N–H and O–H groups in total. The van der Waals surface area contributed by atoms with Crippen LogP contribution in [-0.4, -0.2) is 36.9 Å². The van der Waals surface area contributed by atoms with Gasteiger partial charge in [0.15, 0.2) is 9.84 Å². The van der Waals surface area contributed by atoms with Gasteiger partial charge in [-0.2, -0.15) is 13.2 Å². The zero-order chi connectivity index (χ0) is 22.9. The van der Waals surface area contributed by atoms with Gasteiger partial charge in [0.25, 0.3) is 5.91 Å². The first-order chi connectivity index (χ1) is 14.5. The van der Waals surface area contributed by atoms with Crippen molar-refractivity contribution in [3.8, 4) is 0 Å². The Labute approximate surface area is 182 Å². The van der Waals surface area contributed by atoms with Crippen LogP contribution >= 0.6 is 0 Å². The summed E-state index contributed by atoms with van der Waals surface area (Å²) in [5.41, 5.74) is -0.993. The molecule has 1 heterocycles. The maximum absolute atomic E-state index is 12.8. The number of amides is 1. The molecule has 0 aromatic carbocycles. The Morgan fingerprint density at radius 2 is 1.84 bits per heavy atom. The van der Waals surface area contributed by atoms with Crippen LogP contribution in [0.2, 0.25) is 0 Å². The first-order valence-corrected chi connectivity index (χ1v) is 12.7. The zero-order valence-electron chi connectivity index (χ0n) is 18.1. The summed E-state index contributed by atoms with van der Waals surface area (Å²) in [6, 6.07) is 1.99. The van der Waals surface area contributed by atoms with E-state index in [2.05, 4.69) is 10.3 Å². The van der Waals surface area contributed by atoms with Crippen molar-refractivity contribution in [1.82, 2.24) is 10.3 Å². The smallest absolute Gasteiger partial charge is 0.351 e. The minimum absolute atomic E-state index is 0.0398. The Kier molecular flexibility index (Phi) is 7.03. The average molecular weight is 461 g/mol. The predicted molar refractivity (Wildman–Crippen MR) is 112 cm³/mol. The SMILES string of the molecule is CCCS(=O)(=O)C1CCC(CNC(=O)c2ccc(C(F)(F)F)nc2C)(CC2CC2)CC1. The normalized spacial score (nSPS) is 24.7. The van der Waals surface area contributed by atoms with Gasteiger partial charge in [-0.15, -0.1) is 0 Å². The minimum atomic E-state index is -4.55. The van der Waals surface area contributed by atoms with Crippen molar-refractivity contribution < 1.29 is 26.4 Å². The van der Waals surface area contributed by atoms with Crippen LogP contribution in [0.5, 0.6) is 0 Å². The Morgan fingerprint density at radius 3 is 2.35 bits per heavy atom.